The van der Waals surface area contributed by atoms with Gasteiger partial charge >= 0.3 is 5.97 Å². The van der Waals surface area contributed by atoms with E-state index in [0.29, 0.717) is 17.9 Å². The molecule has 0 aromatic heterocycles. The molecule has 3 nitrogen and oxygen atoms in total. The molecule has 0 unspecified atom stereocenters. The number of carbonyl (C=O) groups is 1. The summed E-state index contributed by atoms with van der Waals surface area (Å²) in [5.41, 5.74) is 6.69. The maximum atomic E-state index is 12.6. The maximum Gasteiger partial charge on any atom is 0.338 e. The molecule has 31 heavy (non-hydrogen) atoms. The highest BCUT2D eigenvalue weighted by atomic mass is 16.5. The molecule has 1 aromatic rings. The Balaban J connectivity index is 2.41. The first-order valence-corrected chi connectivity index (χ1v) is 11.7. The predicted molar refractivity (Wildman–Crippen MR) is 131 cm³/mol. The molecule has 1 aromatic carbocycles. The van der Waals surface area contributed by atoms with Crippen molar-refractivity contribution in [2.45, 2.75) is 79.6 Å². The average molecular weight is 425 g/mol. The maximum absolute atomic E-state index is 12.6. The lowest BCUT2D eigenvalue weighted by atomic mass is 9.68. The van der Waals surface area contributed by atoms with Crippen molar-refractivity contribution in [1.82, 2.24) is 0 Å². The van der Waals surface area contributed by atoms with Crippen LogP contribution < -0.4 is 4.74 Å². The van der Waals surface area contributed by atoms with Gasteiger partial charge in [-0.15, -0.1) is 0 Å². The van der Waals surface area contributed by atoms with Gasteiger partial charge in [0.2, 0.25) is 0 Å². The highest BCUT2D eigenvalue weighted by molar-refractivity contribution is 5.93. The standard InChI is InChI=1S/C28H40O3/c1-8-10-11-12-18-31-27(29)22-15-16-23(24(19-22)30-7)25(20(3)9-2)26-21(4)14-13-17-28(26,5)6/h9,15-16,19H,2,8,10-14,17-18H2,1,3-7H3. The molecule has 0 fully saturated rings. The Bertz CT molecular complexity index is 855. The Labute approximate surface area is 189 Å². The molecule has 0 radical (unpaired) electrons. The molecule has 0 atom stereocenters. The minimum Gasteiger partial charge on any atom is -0.496 e. The molecule has 0 aliphatic heterocycles. The Kier molecular flexibility index (Phi) is 9.15. The van der Waals surface area contributed by atoms with Gasteiger partial charge < -0.3 is 9.47 Å². The SMILES string of the molecule is C=CC(C)=C(C1=C(C)CCCC1(C)C)c1ccc(C(=O)OCCCCCC)cc1OC. The molecule has 0 bridgehead atoms. The van der Waals surface area contributed by atoms with Gasteiger partial charge in [0.05, 0.1) is 19.3 Å². The Hall–Kier alpha value is -2.29. The van der Waals surface area contributed by atoms with Gasteiger partial charge in [-0.1, -0.05) is 58.3 Å². The van der Waals surface area contributed by atoms with Crippen molar-refractivity contribution in [3.8, 4) is 5.75 Å². The van der Waals surface area contributed by atoms with Crippen LogP contribution >= 0.6 is 0 Å². The Morgan fingerprint density at radius 1 is 1.23 bits per heavy atom. The van der Waals surface area contributed by atoms with Crippen molar-refractivity contribution in [2.75, 3.05) is 13.7 Å². The molecule has 2 rings (SSSR count). The Morgan fingerprint density at radius 2 is 1.97 bits per heavy atom. The van der Waals surface area contributed by atoms with E-state index in [9.17, 15) is 4.79 Å². The molecule has 0 heterocycles. The second-order valence-electron chi connectivity index (χ2n) is 9.27. The molecule has 170 valence electrons. The highest BCUT2D eigenvalue weighted by Crippen LogP contribution is 2.49. The summed E-state index contributed by atoms with van der Waals surface area (Å²) in [4.78, 5) is 12.6. The first kappa shape index (κ1) is 25.0. The third-order valence-corrected chi connectivity index (χ3v) is 6.35. The van der Waals surface area contributed by atoms with Crippen molar-refractivity contribution in [3.63, 3.8) is 0 Å². The van der Waals surface area contributed by atoms with Crippen LogP contribution in [-0.4, -0.2) is 19.7 Å². The monoisotopic (exact) mass is 424 g/mol. The fourth-order valence-electron chi connectivity index (χ4n) is 4.62. The second-order valence-corrected chi connectivity index (χ2v) is 9.27. The van der Waals surface area contributed by atoms with Crippen LogP contribution in [0.25, 0.3) is 5.57 Å². The number of carbonyl (C=O) groups excluding carboxylic acids is 1. The lowest BCUT2D eigenvalue weighted by Crippen LogP contribution is -2.22. The van der Waals surface area contributed by atoms with Gasteiger partial charge in [-0.2, -0.15) is 0 Å². The van der Waals surface area contributed by atoms with Crippen LogP contribution in [0, 0.1) is 5.41 Å². The van der Waals surface area contributed by atoms with Gasteiger partial charge in [-0.3, -0.25) is 0 Å². The van der Waals surface area contributed by atoms with Gasteiger partial charge in [0.15, 0.2) is 0 Å². The fourth-order valence-corrected chi connectivity index (χ4v) is 4.62. The summed E-state index contributed by atoms with van der Waals surface area (Å²) in [5, 5.41) is 0. The number of methoxy groups -OCH3 is 1. The van der Waals surface area contributed by atoms with E-state index in [-0.39, 0.29) is 11.4 Å². The summed E-state index contributed by atoms with van der Waals surface area (Å²) in [6.07, 6.45) is 9.72. The van der Waals surface area contributed by atoms with Crippen LogP contribution in [0.5, 0.6) is 5.75 Å². The highest BCUT2D eigenvalue weighted by Gasteiger charge is 2.33. The first-order valence-electron chi connectivity index (χ1n) is 11.7. The number of hydrogen-bond donors (Lipinski definition) is 0. The summed E-state index contributed by atoms with van der Waals surface area (Å²) < 4.78 is 11.2. The van der Waals surface area contributed by atoms with Crippen LogP contribution in [0.3, 0.4) is 0 Å². The molecule has 3 heteroatoms. The minimum absolute atomic E-state index is 0.0725. The molecule has 0 saturated heterocycles. The smallest absolute Gasteiger partial charge is 0.338 e. The van der Waals surface area contributed by atoms with Crippen molar-refractivity contribution >= 4 is 11.5 Å². The third-order valence-electron chi connectivity index (χ3n) is 6.35. The first-order chi connectivity index (χ1) is 14.8. The van der Waals surface area contributed by atoms with Crippen molar-refractivity contribution in [2.24, 2.45) is 5.41 Å². The molecule has 0 saturated carbocycles. The number of benzene rings is 1. The summed E-state index contributed by atoms with van der Waals surface area (Å²) >= 11 is 0. The zero-order valence-corrected chi connectivity index (χ0v) is 20.4. The van der Waals surface area contributed by atoms with Crippen LogP contribution in [0.15, 0.2) is 47.6 Å². The minimum atomic E-state index is -0.291. The zero-order chi connectivity index (χ0) is 23.0. The second kappa shape index (κ2) is 11.4. The van der Waals surface area contributed by atoms with Gasteiger partial charge in [-0.25, -0.2) is 4.79 Å². The third kappa shape index (κ3) is 6.12. The molecule has 1 aliphatic rings. The quantitative estimate of drug-likeness (QED) is 0.217. The van der Waals surface area contributed by atoms with Crippen molar-refractivity contribution in [1.29, 1.82) is 0 Å². The van der Waals surface area contributed by atoms with Gasteiger partial charge in [0.1, 0.15) is 5.75 Å². The fraction of sp³-hybridized carbons (Fsp3) is 0.536. The normalized spacial score (nSPS) is 16.6. The van der Waals surface area contributed by atoms with Crippen molar-refractivity contribution in [3.05, 3.63) is 58.7 Å². The van der Waals surface area contributed by atoms with Crippen LogP contribution in [0.1, 0.15) is 95.5 Å². The van der Waals surface area contributed by atoms with E-state index in [4.69, 9.17) is 9.47 Å². The van der Waals surface area contributed by atoms with Crippen LogP contribution in [-0.2, 0) is 4.74 Å². The summed E-state index contributed by atoms with van der Waals surface area (Å²) in [5.74, 6) is 0.402. The molecule has 0 amide bonds. The topological polar surface area (TPSA) is 35.5 Å². The van der Waals surface area contributed by atoms with E-state index < -0.39 is 0 Å². The van der Waals surface area contributed by atoms with E-state index in [2.05, 4.69) is 41.2 Å². The van der Waals surface area contributed by atoms with E-state index >= 15 is 0 Å². The Morgan fingerprint density at radius 3 is 2.58 bits per heavy atom. The molecular weight excluding hydrogens is 384 g/mol. The lowest BCUT2D eigenvalue weighted by Gasteiger charge is -2.37. The molecule has 0 N–H and O–H groups in total. The van der Waals surface area contributed by atoms with Gasteiger partial charge in [0.25, 0.3) is 0 Å². The summed E-state index contributed by atoms with van der Waals surface area (Å²) in [6.45, 7) is 15.6. The number of ether oxygens (including phenoxy) is 2. The zero-order valence-electron chi connectivity index (χ0n) is 20.4. The number of hydrogen-bond acceptors (Lipinski definition) is 3. The number of unbranched alkanes of at least 4 members (excludes halogenated alkanes) is 3. The van der Waals surface area contributed by atoms with E-state index in [1.165, 1.54) is 36.0 Å². The van der Waals surface area contributed by atoms with E-state index in [1.807, 2.05) is 24.3 Å². The lowest BCUT2D eigenvalue weighted by molar-refractivity contribution is 0.0497. The van der Waals surface area contributed by atoms with E-state index in [0.717, 1.165) is 36.8 Å². The number of rotatable bonds is 10. The molecule has 1 aliphatic carbocycles. The summed E-state index contributed by atoms with van der Waals surface area (Å²) in [6, 6.07) is 5.67. The number of esters is 1. The molecule has 0 spiro atoms. The predicted octanol–water partition coefficient (Wildman–Crippen LogP) is 7.92. The average Bonchev–Trinajstić information content (AvgIpc) is 2.75. The number of allylic oxidation sites excluding steroid dienone is 5. The largest absolute Gasteiger partial charge is 0.496 e. The van der Waals surface area contributed by atoms with Gasteiger partial charge in [-0.05, 0) is 79.9 Å². The van der Waals surface area contributed by atoms with E-state index in [1.54, 1.807) is 7.11 Å². The van der Waals surface area contributed by atoms with Crippen molar-refractivity contribution < 1.29 is 14.3 Å². The molecular formula is C28H40O3. The van der Waals surface area contributed by atoms with Gasteiger partial charge in [0, 0.05) is 5.56 Å². The van der Waals surface area contributed by atoms with Crippen LogP contribution in [0.4, 0.5) is 0 Å². The summed E-state index contributed by atoms with van der Waals surface area (Å²) in [7, 11) is 1.66. The van der Waals surface area contributed by atoms with Crippen LogP contribution in [0.2, 0.25) is 0 Å².